The molecule has 31 heavy (non-hydrogen) atoms. The molecule has 0 bridgehead atoms. The summed E-state index contributed by atoms with van der Waals surface area (Å²) < 4.78 is 32.8. The fourth-order valence-electron chi connectivity index (χ4n) is 4.30. The lowest BCUT2D eigenvalue weighted by atomic mass is 10.1. The molecule has 6 heteroatoms. The number of ketones is 1. The average molecular weight is 436 g/mol. The van der Waals surface area contributed by atoms with Gasteiger partial charge < -0.3 is 9.34 Å². The van der Waals surface area contributed by atoms with Gasteiger partial charge in [0, 0.05) is 30.9 Å². The summed E-state index contributed by atoms with van der Waals surface area (Å²) in [6.07, 6.45) is 0.958. The van der Waals surface area contributed by atoms with Crippen LogP contribution in [0.2, 0.25) is 0 Å². The maximum absolute atomic E-state index is 15.2. The minimum atomic E-state index is -3.36. The first-order valence-corrected chi connectivity index (χ1v) is 12.2. The van der Waals surface area contributed by atoms with Crippen molar-refractivity contribution in [3.63, 3.8) is 0 Å². The Hall–Kier alpha value is -2.91. The van der Waals surface area contributed by atoms with Crippen LogP contribution in [0.25, 0.3) is 0 Å². The largest absolute Gasteiger partial charge is 0.306 e. The number of nitrogens with zero attached hydrogens (tertiary/aromatic N) is 2. The van der Waals surface area contributed by atoms with Crippen LogP contribution in [-0.4, -0.2) is 18.9 Å². The summed E-state index contributed by atoms with van der Waals surface area (Å²) >= 11 is 0. The van der Waals surface area contributed by atoms with Crippen molar-refractivity contribution in [3.8, 4) is 0 Å². The summed E-state index contributed by atoms with van der Waals surface area (Å²) in [4.78, 5) is 12.3. The van der Waals surface area contributed by atoms with E-state index >= 15 is 4.57 Å². The maximum Gasteiger partial charge on any atom is 0.270 e. The summed E-state index contributed by atoms with van der Waals surface area (Å²) in [5.41, 5.74) is 1.86. The number of carbonyl (C=O) groups is 1. The second kappa shape index (κ2) is 9.07. The topological polar surface area (TPSA) is 40.6 Å². The van der Waals surface area contributed by atoms with Gasteiger partial charge in [-0.15, -0.1) is 0 Å². The van der Waals surface area contributed by atoms with Gasteiger partial charge in [0.2, 0.25) is 0 Å². The summed E-state index contributed by atoms with van der Waals surface area (Å²) in [6, 6.07) is 25.5. The van der Waals surface area contributed by atoms with E-state index in [0.29, 0.717) is 18.7 Å². The maximum atomic E-state index is 15.2. The molecule has 0 amide bonds. The molecule has 1 aliphatic rings. The van der Waals surface area contributed by atoms with Gasteiger partial charge >= 0.3 is 0 Å². The second-order valence-corrected chi connectivity index (χ2v) is 10.6. The highest BCUT2D eigenvalue weighted by molar-refractivity contribution is 7.67. The third kappa shape index (κ3) is 4.28. The molecular formula is C25H26FN2O2P. The molecule has 1 atom stereocenters. The molecule has 0 saturated carbocycles. The Bertz CT molecular complexity index is 1020. The molecule has 0 aromatic heterocycles. The third-order valence-electron chi connectivity index (χ3n) is 5.68. The van der Waals surface area contributed by atoms with E-state index in [4.69, 9.17) is 0 Å². The van der Waals surface area contributed by atoms with Crippen molar-refractivity contribution in [2.75, 3.05) is 22.4 Å². The van der Waals surface area contributed by atoms with Gasteiger partial charge in [-0.1, -0.05) is 48.5 Å². The first kappa shape index (κ1) is 21.3. The SMILES string of the molecule is CC(=O)CC(c1ccc(F)cc1)P1(=O)N(c2ccccc2)CCCN1c1ccccc1. The van der Waals surface area contributed by atoms with Crippen LogP contribution >= 0.6 is 7.44 Å². The average Bonchev–Trinajstić information content (AvgIpc) is 2.79. The van der Waals surface area contributed by atoms with Crippen LogP contribution in [0, 0.1) is 5.82 Å². The Balaban J connectivity index is 1.92. The van der Waals surface area contributed by atoms with Crippen LogP contribution in [0.5, 0.6) is 0 Å². The number of rotatable bonds is 6. The molecule has 0 radical (unpaired) electrons. The van der Waals surface area contributed by atoms with Crippen molar-refractivity contribution in [1.82, 2.24) is 0 Å². The number of carbonyl (C=O) groups excluding carboxylic acids is 1. The van der Waals surface area contributed by atoms with Crippen LogP contribution in [0.1, 0.15) is 31.0 Å². The molecule has 4 rings (SSSR count). The van der Waals surface area contributed by atoms with Crippen molar-refractivity contribution in [2.24, 2.45) is 0 Å². The third-order valence-corrected chi connectivity index (χ3v) is 9.22. The smallest absolute Gasteiger partial charge is 0.270 e. The van der Waals surface area contributed by atoms with Gasteiger partial charge in [-0.2, -0.15) is 0 Å². The van der Waals surface area contributed by atoms with E-state index in [1.54, 1.807) is 12.1 Å². The van der Waals surface area contributed by atoms with Crippen LogP contribution < -0.4 is 9.34 Å². The lowest BCUT2D eigenvalue weighted by molar-refractivity contribution is -0.117. The number of Topliss-reactive ketones (excluding diaryl/α,β-unsaturated/α-hetero) is 1. The number of anilines is 2. The summed E-state index contributed by atoms with van der Waals surface area (Å²) in [5.74, 6) is -0.400. The van der Waals surface area contributed by atoms with Gasteiger partial charge in [0.25, 0.3) is 7.44 Å². The Morgan fingerprint density at radius 2 is 1.35 bits per heavy atom. The Morgan fingerprint density at radius 3 is 1.81 bits per heavy atom. The number of para-hydroxylation sites is 2. The Morgan fingerprint density at radius 1 is 0.871 bits per heavy atom. The van der Waals surface area contributed by atoms with Crippen LogP contribution in [0.15, 0.2) is 84.9 Å². The molecule has 1 aliphatic heterocycles. The molecule has 0 aliphatic carbocycles. The number of halogens is 1. The standard InChI is InChI=1S/C25H26FN2O2P/c1-20(29)19-25(21-13-15-22(26)16-14-21)31(30)27(23-9-4-2-5-10-23)17-8-18-28(31)24-11-6-3-7-12-24/h2-7,9-16,25H,8,17-19H2,1H3. The lowest BCUT2D eigenvalue weighted by Gasteiger charge is -2.49. The van der Waals surface area contributed by atoms with E-state index < -0.39 is 13.1 Å². The lowest BCUT2D eigenvalue weighted by Crippen LogP contribution is -2.42. The quantitative estimate of drug-likeness (QED) is 0.416. The second-order valence-electron chi connectivity index (χ2n) is 7.83. The first-order chi connectivity index (χ1) is 15.0. The van der Waals surface area contributed by atoms with Gasteiger partial charge in [-0.25, -0.2) is 4.39 Å². The monoisotopic (exact) mass is 436 g/mol. The Labute approximate surface area is 182 Å². The van der Waals surface area contributed by atoms with E-state index in [1.807, 2.05) is 70.0 Å². The van der Waals surface area contributed by atoms with Gasteiger partial charge in [0.05, 0.1) is 5.66 Å². The zero-order chi connectivity index (χ0) is 21.8. The molecule has 4 nitrogen and oxygen atoms in total. The molecule has 1 unspecified atom stereocenters. The molecule has 0 N–H and O–H groups in total. The fourth-order valence-corrected chi connectivity index (χ4v) is 8.07. The van der Waals surface area contributed by atoms with Crippen LogP contribution in [0.4, 0.5) is 15.8 Å². The molecule has 160 valence electrons. The highest BCUT2D eigenvalue weighted by Crippen LogP contribution is 2.68. The van der Waals surface area contributed by atoms with Crippen LogP contribution in [0.3, 0.4) is 0 Å². The van der Waals surface area contributed by atoms with Crippen molar-refractivity contribution in [2.45, 2.75) is 25.4 Å². The predicted octanol–water partition coefficient (Wildman–Crippen LogP) is 6.46. The molecule has 3 aromatic carbocycles. The molecule has 1 heterocycles. The van der Waals surface area contributed by atoms with Crippen molar-refractivity contribution in [3.05, 3.63) is 96.3 Å². The minimum absolute atomic E-state index is 0.0452. The summed E-state index contributed by atoms with van der Waals surface area (Å²) in [7, 11) is -3.36. The van der Waals surface area contributed by atoms with E-state index in [1.165, 1.54) is 19.1 Å². The van der Waals surface area contributed by atoms with Crippen molar-refractivity contribution < 1.29 is 13.8 Å². The zero-order valence-corrected chi connectivity index (χ0v) is 18.4. The van der Waals surface area contributed by atoms with Gasteiger partial charge in [0.1, 0.15) is 11.6 Å². The minimum Gasteiger partial charge on any atom is -0.306 e. The normalized spacial score (nSPS) is 16.7. The Kier molecular flexibility index (Phi) is 6.24. The summed E-state index contributed by atoms with van der Waals surface area (Å²) in [6.45, 7) is 2.77. The highest BCUT2D eigenvalue weighted by atomic mass is 31.2. The first-order valence-electron chi connectivity index (χ1n) is 10.5. The summed E-state index contributed by atoms with van der Waals surface area (Å²) in [5, 5.41) is 0. The molecule has 3 aromatic rings. The molecule has 0 spiro atoms. The van der Waals surface area contributed by atoms with E-state index in [-0.39, 0.29) is 18.0 Å². The number of hydrogen-bond donors (Lipinski definition) is 0. The fraction of sp³-hybridized carbons (Fsp3) is 0.240. The molecule has 1 saturated heterocycles. The number of hydrogen-bond acceptors (Lipinski definition) is 2. The van der Waals surface area contributed by atoms with E-state index in [9.17, 15) is 9.18 Å². The van der Waals surface area contributed by atoms with E-state index in [2.05, 4.69) is 0 Å². The van der Waals surface area contributed by atoms with Gasteiger partial charge in [0.15, 0.2) is 0 Å². The highest BCUT2D eigenvalue weighted by Gasteiger charge is 2.48. The van der Waals surface area contributed by atoms with Gasteiger partial charge in [-0.05, 0) is 55.3 Å². The van der Waals surface area contributed by atoms with E-state index in [0.717, 1.165) is 17.8 Å². The van der Waals surface area contributed by atoms with Gasteiger partial charge in [-0.3, -0.25) is 9.36 Å². The van der Waals surface area contributed by atoms with Crippen molar-refractivity contribution >= 4 is 24.6 Å². The van der Waals surface area contributed by atoms with Crippen molar-refractivity contribution in [1.29, 1.82) is 0 Å². The molecular weight excluding hydrogens is 410 g/mol. The zero-order valence-electron chi connectivity index (χ0n) is 17.5. The van der Waals surface area contributed by atoms with Crippen LogP contribution in [-0.2, 0) is 9.36 Å². The predicted molar refractivity (Wildman–Crippen MR) is 124 cm³/mol. The molecule has 1 fully saturated rings. The number of benzene rings is 3.